The molecule has 5 rings (SSSR count). The van der Waals surface area contributed by atoms with E-state index < -0.39 is 0 Å². The first-order valence-corrected chi connectivity index (χ1v) is 13.2. The van der Waals surface area contributed by atoms with E-state index in [1.807, 2.05) is 102 Å². The van der Waals surface area contributed by atoms with Crippen LogP contribution in [0.25, 0.3) is 0 Å². The molecule has 1 heterocycles. The highest BCUT2D eigenvalue weighted by molar-refractivity contribution is 8.00. The lowest BCUT2D eigenvalue weighted by Crippen LogP contribution is -2.27. The zero-order valence-electron chi connectivity index (χ0n) is 19.0. The van der Waals surface area contributed by atoms with Crippen LogP contribution >= 0.6 is 23.5 Å². The van der Waals surface area contributed by atoms with E-state index in [2.05, 4.69) is 17.4 Å². The summed E-state index contributed by atoms with van der Waals surface area (Å²) in [7, 11) is 0. The number of rotatable bonds is 7. The maximum Gasteiger partial charge on any atom is 0.255 e. The van der Waals surface area contributed by atoms with Gasteiger partial charge in [-0.25, -0.2) is 0 Å². The molecule has 4 aromatic rings. The molecule has 0 saturated carbocycles. The van der Waals surface area contributed by atoms with Gasteiger partial charge in [-0.2, -0.15) is 0 Å². The molecule has 4 nitrogen and oxygen atoms in total. The molecule has 4 aromatic carbocycles. The van der Waals surface area contributed by atoms with Gasteiger partial charge in [-0.1, -0.05) is 84.6 Å². The summed E-state index contributed by atoms with van der Waals surface area (Å²) >= 11 is 3.24. The molecule has 0 spiro atoms. The van der Waals surface area contributed by atoms with Crippen molar-refractivity contribution in [1.29, 1.82) is 0 Å². The van der Waals surface area contributed by atoms with Crippen LogP contribution in [0.1, 0.15) is 26.9 Å². The van der Waals surface area contributed by atoms with Gasteiger partial charge in [0, 0.05) is 21.9 Å². The molecule has 174 valence electrons. The Kier molecular flexibility index (Phi) is 7.21. The Balaban J connectivity index is 1.29. The van der Waals surface area contributed by atoms with Crippen molar-refractivity contribution in [2.24, 2.45) is 0 Å². The van der Waals surface area contributed by atoms with Gasteiger partial charge >= 0.3 is 0 Å². The largest absolute Gasteiger partial charge is 0.322 e. The number of nitrogens with zero attached hydrogens (tertiary/aromatic N) is 1. The number of carbonyl (C=O) groups is 2. The first kappa shape index (κ1) is 23.3. The molecular weight excluding hydrogens is 472 g/mol. The van der Waals surface area contributed by atoms with Gasteiger partial charge in [0.05, 0.1) is 11.4 Å². The average Bonchev–Trinajstić information content (AvgIpc) is 3.26. The molecule has 0 aliphatic carbocycles. The quantitative estimate of drug-likeness (QED) is 0.303. The number of hydrogen-bond acceptors (Lipinski definition) is 4. The number of thioether (sulfide) groups is 1. The summed E-state index contributed by atoms with van der Waals surface area (Å²) in [5.41, 5.74) is 3.49. The van der Waals surface area contributed by atoms with E-state index in [1.165, 1.54) is 0 Å². The van der Waals surface area contributed by atoms with Gasteiger partial charge in [0.2, 0.25) is 5.91 Å². The third kappa shape index (κ3) is 5.61. The normalized spacial score (nSPS) is 15.3. The Hall–Kier alpha value is -3.48. The third-order valence-corrected chi connectivity index (χ3v) is 8.07. The second-order valence-electron chi connectivity index (χ2n) is 8.16. The zero-order valence-corrected chi connectivity index (χ0v) is 20.6. The Bertz CT molecular complexity index is 1310. The molecule has 1 saturated heterocycles. The molecule has 0 aromatic heterocycles. The minimum Gasteiger partial charge on any atom is -0.322 e. The molecule has 1 fully saturated rings. The van der Waals surface area contributed by atoms with Crippen LogP contribution in [0.2, 0.25) is 0 Å². The fourth-order valence-electron chi connectivity index (χ4n) is 3.95. The number of anilines is 1. The zero-order chi connectivity index (χ0) is 24.0. The van der Waals surface area contributed by atoms with E-state index in [0.29, 0.717) is 17.9 Å². The number of nitrogens with one attached hydrogen (secondary N) is 1. The lowest BCUT2D eigenvalue weighted by Gasteiger charge is -2.24. The van der Waals surface area contributed by atoms with Crippen LogP contribution in [0.15, 0.2) is 119 Å². The van der Waals surface area contributed by atoms with Crippen LogP contribution in [0, 0.1) is 0 Å². The Labute approximate surface area is 213 Å². The van der Waals surface area contributed by atoms with E-state index in [1.54, 1.807) is 23.5 Å². The maximum absolute atomic E-state index is 13.0. The number of benzene rings is 4. The van der Waals surface area contributed by atoms with Gasteiger partial charge in [0.1, 0.15) is 5.37 Å². The predicted octanol–water partition coefficient (Wildman–Crippen LogP) is 6.86. The van der Waals surface area contributed by atoms with Crippen molar-refractivity contribution in [3.05, 3.63) is 126 Å². The van der Waals surface area contributed by atoms with Gasteiger partial charge in [-0.05, 0) is 47.5 Å². The van der Waals surface area contributed by atoms with Crippen molar-refractivity contribution in [2.75, 3.05) is 11.1 Å². The van der Waals surface area contributed by atoms with Crippen molar-refractivity contribution in [3.8, 4) is 0 Å². The van der Waals surface area contributed by atoms with Crippen LogP contribution in [0.3, 0.4) is 0 Å². The standard InChI is InChI=1S/C29H24N2O2S2/c32-27-20-34-29(31(27)19-21-9-3-1-4-10-21)23-17-15-22(16-18-23)28(33)30-25-13-7-8-14-26(25)35-24-11-5-2-6-12-24/h1-18,29H,19-20H2,(H,30,33)/t29-/m0/s1. The third-order valence-electron chi connectivity index (χ3n) is 5.73. The molecule has 2 amide bonds. The summed E-state index contributed by atoms with van der Waals surface area (Å²) in [6, 6.07) is 35.5. The molecule has 1 N–H and O–H groups in total. The van der Waals surface area contributed by atoms with Crippen molar-refractivity contribution >= 4 is 41.0 Å². The highest BCUT2D eigenvalue weighted by Gasteiger charge is 2.32. The van der Waals surface area contributed by atoms with Gasteiger partial charge < -0.3 is 10.2 Å². The minimum atomic E-state index is -0.158. The second kappa shape index (κ2) is 10.8. The molecule has 1 atom stereocenters. The summed E-state index contributed by atoms with van der Waals surface area (Å²) in [4.78, 5) is 29.6. The summed E-state index contributed by atoms with van der Waals surface area (Å²) in [6.07, 6.45) is 0. The van der Waals surface area contributed by atoms with Crippen molar-refractivity contribution in [1.82, 2.24) is 4.90 Å². The topological polar surface area (TPSA) is 49.4 Å². The number of carbonyl (C=O) groups excluding carboxylic acids is 2. The molecule has 0 unspecified atom stereocenters. The summed E-state index contributed by atoms with van der Waals surface area (Å²) in [5.74, 6) is 0.447. The number of para-hydroxylation sites is 1. The summed E-state index contributed by atoms with van der Waals surface area (Å²) in [6.45, 7) is 0.579. The van der Waals surface area contributed by atoms with Crippen LogP contribution in [-0.2, 0) is 11.3 Å². The molecule has 0 bridgehead atoms. The Morgan fingerprint density at radius 2 is 1.51 bits per heavy atom. The molecule has 0 radical (unpaired) electrons. The van der Waals surface area contributed by atoms with Crippen molar-refractivity contribution in [2.45, 2.75) is 21.7 Å². The van der Waals surface area contributed by atoms with E-state index in [9.17, 15) is 9.59 Å². The first-order valence-electron chi connectivity index (χ1n) is 11.4. The van der Waals surface area contributed by atoms with Crippen LogP contribution in [-0.4, -0.2) is 22.5 Å². The highest BCUT2D eigenvalue weighted by atomic mass is 32.2. The van der Waals surface area contributed by atoms with Crippen LogP contribution < -0.4 is 5.32 Å². The van der Waals surface area contributed by atoms with Crippen LogP contribution in [0.4, 0.5) is 5.69 Å². The molecule has 1 aliphatic rings. The molecule has 1 aliphatic heterocycles. The van der Waals surface area contributed by atoms with Crippen LogP contribution in [0.5, 0.6) is 0 Å². The smallest absolute Gasteiger partial charge is 0.255 e. The minimum absolute atomic E-state index is 0.0529. The first-order chi connectivity index (χ1) is 17.2. The van der Waals surface area contributed by atoms with Gasteiger partial charge in [0.15, 0.2) is 0 Å². The van der Waals surface area contributed by atoms with Crippen molar-refractivity contribution < 1.29 is 9.59 Å². The second-order valence-corrected chi connectivity index (χ2v) is 10.3. The molecule has 6 heteroatoms. The average molecular weight is 497 g/mol. The maximum atomic E-state index is 13.0. The number of amides is 2. The van der Waals surface area contributed by atoms with Crippen molar-refractivity contribution in [3.63, 3.8) is 0 Å². The highest BCUT2D eigenvalue weighted by Crippen LogP contribution is 2.39. The summed E-state index contributed by atoms with van der Waals surface area (Å²) < 4.78 is 0. The monoisotopic (exact) mass is 496 g/mol. The van der Waals surface area contributed by atoms with Gasteiger partial charge in [-0.15, -0.1) is 11.8 Å². The van der Waals surface area contributed by atoms with Gasteiger partial charge in [-0.3, -0.25) is 9.59 Å². The van der Waals surface area contributed by atoms with E-state index in [0.717, 1.165) is 26.6 Å². The SMILES string of the molecule is O=C(Nc1ccccc1Sc1ccccc1)c1ccc([C@@H]2SCC(=O)N2Cc2ccccc2)cc1. The Morgan fingerprint density at radius 3 is 2.26 bits per heavy atom. The van der Waals surface area contributed by atoms with Gasteiger partial charge in [0.25, 0.3) is 5.91 Å². The van der Waals surface area contributed by atoms with E-state index >= 15 is 0 Å². The summed E-state index contributed by atoms with van der Waals surface area (Å²) in [5, 5.41) is 3.00. The Morgan fingerprint density at radius 1 is 0.857 bits per heavy atom. The predicted molar refractivity (Wildman–Crippen MR) is 144 cm³/mol. The fraction of sp³-hybridized carbons (Fsp3) is 0.103. The van der Waals surface area contributed by atoms with E-state index in [4.69, 9.17) is 0 Å². The fourth-order valence-corrected chi connectivity index (χ4v) is 6.06. The van der Waals surface area contributed by atoms with E-state index in [-0.39, 0.29) is 17.2 Å². The number of hydrogen-bond donors (Lipinski definition) is 1. The molecular formula is C29H24N2O2S2. The lowest BCUT2D eigenvalue weighted by molar-refractivity contribution is -0.128. The lowest BCUT2D eigenvalue weighted by atomic mass is 10.1. The molecule has 35 heavy (non-hydrogen) atoms.